The summed E-state index contributed by atoms with van der Waals surface area (Å²) in [5, 5.41) is 2.88. The van der Waals surface area contributed by atoms with Crippen molar-refractivity contribution in [3.63, 3.8) is 0 Å². The molecule has 2 rings (SSSR count). The van der Waals surface area contributed by atoms with E-state index in [9.17, 15) is 9.59 Å². The number of carbonyl (C=O) groups is 2. The Balaban J connectivity index is 2.22. The fraction of sp³-hybridized carbons (Fsp3) is 0.500. The minimum absolute atomic E-state index is 0.106. The molecule has 0 aliphatic heterocycles. The molecule has 0 bridgehead atoms. The maximum Gasteiger partial charge on any atom is 0.419 e. The van der Waals surface area contributed by atoms with E-state index in [1.165, 1.54) is 15.9 Å². The van der Waals surface area contributed by atoms with Crippen molar-refractivity contribution in [3.05, 3.63) is 23.2 Å². The highest BCUT2D eigenvalue weighted by molar-refractivity contribution is 7.20. The van der Waals surface area contributed by atoms with Crippen LogP contribution in [-0.2, 0) is 4.74 Å². The Morgan fingerprint density at radius 1 is 1.36 bits per heavy atom. The van der Waals surface area contributed by atoms with E-state index >= 15 is 0 Å². The Morgan fingerprint density at radius 2 is 2.05 bits per heavy atom. The first kappa shape index (κ1) is 16.5. The molecular weight excluding hydrogens is 300 g/mol. The van der Waals surface area contributed by atoms with Crippen molar-refractivity contribution in [1.82, 2.24) is 9.88 Å². The van der Waals surface area contributed by atoms with E-state index in [2.05, 4.69) is 5.32 Å². The van der Waals surface area contributed by atoms with E-state index in [4.69, 9.17) is 4.74 Å². The first-order valence-electron chi connectivity index (χ1n) is 7.30. The molecule has 22 heavy (non-hydrogen) atoms. The van der Waals surface area contributed by atoms with E-state index in [0.717, 1.165) is 4.70 Å². The van der Waals surface area contributed by atoms with Gasteiger partial charge in [-0.15, -0.1) is 11.3 Å². The minimum Gasteiger partial charge on any atom is -0.443 e. The number of fused-ring (bicyclic) bond motifs is 1. The van der Waals surface area contributed by atoms with Crippen molar-refractivity contribution in [3.8, 4) is 0 Å². The summed E-state index contributed by atoms with van der Waals surface area (Å²) < 4.78 is 7.70. The molecule has 2 aromatic rings. The monoisotopic (exact) mass is 322 g/mol. The summed E-state index contributed by atoms with van der Waals surface area (Å²) in [5.74, 6) is 0.291. The normalized spacial score (nSPS) is 11.9. The predicted molar refractivity (Wildman–Crippen MR) is 88.6 cm³/mol. The second-order valence-corrected chi connectivity index (χ2v) is 7.71. The summed E-state index contributed by atoms with van der Waals surface area (Å²) in [6.07, 6.45) is 1.24. The van der Waals surface area contributed by atoms with Gasteiger partial charge in [-0.25, -0.2) is 4.79 Å². The van der Waals surface area contributed by atoms with Crippen LogP contribution >= 0.6 is 11.3 Å². The smallest absolute Gasteiger partial charge is 0.419 e. The number of nitrogens with one attached hydrogen (secondary N) is 1. The molecule has 1 N–H and O–H groups in total. The molecule has 1 amide bonds. The van der Waals surface area contributed by atoms with Crippen LogP contribution in [0.15, 0.2) is 18.3 Å². The van der Waals surface area contributed by atoms with Gasteiger partial charge in [0.1, 0.15) is 5.60 Å². The Labute approximate surface area is 134 Å². The van der Waals surface area contributed by atoms with Crippen LogP contribution in [0, 0.1) is 5.92 Å². The molecule has 0 saturated carbocycles. The van der Waals surface area contributed by atoms with Crippen molar-refractivity contribution in [2.75, 3.05) is 6.54 Å². The molecular formula is C16H22N2O3S. The molecule has 6 heteroatoms. The number of hydrogen-bond acceptors (Lipinski definition) is 4. The molecule has 0 aromatic carbocycles. The van der Waals surface area contributed by atoms with Gasteiger partial charge in [0, 0.05) is 12.7 Å². The first-order chi connectivity index (χ1) is 10.2. The van der Waals surface area contributed by atoms with Crippen molar-refractivity contribution in [2.24, 2.45) is 5.92 Å². The van der Waals surface area contributed by atoms with Crippen LogP contribution in [0.5, 0.6) is 0 Å². The number of amides is 1. The fourth-order valence-electron chi connectivity index (χ4n) is 1.89. The van der Waals surface area contributed by atoms with Crippen molar-refractivity contribution in [2.45, 2.75) is 40.2 Å². The van der Waals surface area contributed by atoms with Gasteiger partial charge < -0.3 is 10.1 Å². The lowest BCUT2D eigenvalue weighted by atomic mass is 10.2. The molecule has 0 aliphatic rings. The van der Waals surface area contributed by atoms with Crippen molar-refractivity contribution >= 4 is 33.6 Å². The van der Waals surface area contributed by atoms with E-state index in [-0.39, 0.29) is 5.91 Å². The van der Waals surface area contributed by atoms with E-state index in [1.54, 1.807) is 12.3 Å². The molecule has 0 unspecified atom stereocenters. The number of aromatic nitrogens is 1. The summed E-state index contributed by atoms with van der Waals surface area (Å²) in [7, 11) is 0. The summed E-state index contributed by atoms with van der Waals surface area (Å²) in [6, 6.07) is 3.56. The maximum atomic E-state index is 12.2. The molecule has 0 saturated heterocycles. The highest BCUT2D eigenvalue weighted by Gasteiger charge is 2.21. The summed E-state index contributed by atoms with van der Waals surface area (Å²) in [4.78, 5) is 24.9. The third-order valence-corrected chi connectivity index (χ3v) is 3.95. The largest absolute Gasteiger partial charge is 0.443 e. The third kappa shape index (κ3) is 3.88. The number of ether oxygens (including phenoxy) is 1. The van der Waals surface area contributed by atoms with E-state index in [0.29, 0.717) is 22.9 Å². The summed E-state index contributed by atoms with van der Waals surface area (Å²) >= 11 is 1.37. The molecule has 2 aromatic heterocycles. The van der Waals surface area contributed by atoms with Crippen molar-refractivity contribution in [1.29, 1.82) is 0 Å². The minimum atomic E-state index is -0.554. The van der Waals surface area contributed by atoms with Crippen LogP contribution in [0.2, 0.25) is 0 Å². The molecule has 2 heterocycles. The van der Waals surface area contributed by atoms with Gasteiger partial charge in [-0.3, -0.25) is 9.36 Å². The van der Waals surface area contributed by atoms with Crippen LogP contribution < -0.4 is 5.32 Å². The molecule has 0 aliphatic carbocycles. The van der Waals surface area contributed by atoms with Gasteiger partial charge >= 0.3 is 6.09 Å². The zero-order chi connectivity index (χ0) is 16.5. The van der Waals surface area contributed by atoms with Gasteiger partial charge in [-0.1, -0.05) is 13.8 Å². The average Bonchev–Trinajstić information content (AvgIpc) is 2.92. The lowest BCUT2D eigenvalue weighted by Crippen LogP contribution is -2.27. The third-order valence-electron chi connectivity index (χ3n) is 2.86. The highest BCUT2D eigenvalue weighted by Crippen LogP contribution is 2.27. The zero-order valence-corrected chi connectivity index (χ0v) is 14.4. The lowest BCUT2D eigenvalue weighted by molar-refractivity contribution is 0.0544. The number of carbonyl (C=O) groups excluding carboxylic acids is 2. The topological polar surface area (TPSA) is 60.3 Å². The molecule has 120 valence electrons. The van der Waals surface area contributed by atoms with Gasteiger partial charge in [-0.2, -0.15) is 0 Å². The van der Waals surface area contributed by atoms with E-state index in [1.807, 2.05) is 40.7 Å². The number of thiophene rings is 1. The van der Waals surface area contributed by atoms with Crippen LogP contribution in [0.3, 0.4) is 0 Å². The quantitative estimate of drug-likeness (QED) is 0.933. The molecule has 5 nitrogen and oxygen atoms in total. The fourth-order valence-corrected chi connectivity index (χ4v) is 2.85. The van der Waals surface area contributed by atoms with Gasteiger partial charge in [0.05, 0.1) is 15.1 Å². The van der Waals surface area contributed by atoms with Gasteiger partial charge in [-0.05, 0) is 38.8 Å². The molecule has 0 fully saturated rings. The van der Waals surface area contributed by atoms with Gasteiger partial charge in [0.25, 0.3) is 5.91 Å². The Bertz CT molecular complexity index is 692. The zero-order valence-electron chi connectivity index (χ0n) is 13.6. The van der Waals surface area contributed by atoms with Crippen molar-refractivity contribution < 1.29 is 14.3 Å². The maximum absolute atomic E-state index is 12.2. The second-order valence-electron chi connectivity index (χ2n) is 6.63. The first-order valence-corrected chi connectivity index (χ1v) is 8.11. The van der Waals surface area contributed by atoms with Gasteiger partial charge in [0.15, 0.2) is 0 Å². The van der Waals surface area contributed by atoms with Crippen LogP contribution in [0.25, 0.3) is 10.2 Å². The summed E-state index contributed by atoms with van der Waals surface area (Å²) in [5.41, 5.74) is 0.148. The number of hydrogen-bond donors (Lipinski definition) is 1. The summed E-state index contributed by atoms with van der Waals surface area (Å²) in [6.45, 7) is 10.2. The van der Waals surface area contributed by atoms with Crippen LogP contribution in [-0.4, -0.2) is 28.7 Å². The number of rotatable bonds is 3. The average molecular weight is 322 g/mol. The molecule has 0 atom stereocenters. The lowest BCUT2D eigenvalue weighted by Gasteiger charge is -2.19. The van der Waals surface area contributed by atoms with Crippen LogP contribution in [0.4, 0.5) is 4.79 Å². The van der Waals surface area contributed by atoms with Crippen LogP contribution in [0.1, 0.15) is 44.3 Å². The number of nitrogens with zero attached hydrogens (tertiary/aromatic N) is 1. The molecule has 0 spiro atoms. The standard InChI is InChI=1S/C16H22N2O3S/c1-10(2)9-17-14(19)13-8-11-12(22-13)6-7-18(11)15(20)21-16(3,4)5/h6-8,10H,9H2,1-5H3,(H,17,19). The molecule has 0 radical (unpaired) electrons. The Kier molecular flexibility index (Phi) is 4.60. The SMILES string of the molecule is CC(C)CNC(=O)c1cc2c(ccn2C(=O)OC(C)(C)C)s1. The highest BCUT2D eigenvalue weighted by atomic mass is 32.1. The Hall–Kier alpha value is -1.82. The second kappa shape index (κ2) is 6.12. The Morgan fingerprint density at radius 3 is 2.64 bits per heavy atom. The predicted octanol–water partition coefficient (Wildman–Crippen LogP) is 3.87. The van der Waals surface area contributed by atoms with Gasteiger partial charge in [0.2, 0.25) is 0 Å². The van der Waals surface area contributed by atoms with E-state index < -0.39 is 11.7 Å².